The van der Waals surface area contributed by atoms with E-state index in [-0.39, 0.29) is 23.9 Å². The van der Waals surface area contributed by atoms with Crippen molar-refractivity contribution in [1.82, 2.24) is 9.47 Å². The summed E-state index contributed by atoms with van der Waals surface area (Å²) in [5, 5.41) is 10.5. The van der Waals surface area contributed by atoms with Gasteiger partial charge in [-0.25, -0.2) is 0 Å². The fraction of sp³-hybridized carbons (Fsp3) is 0.583. The number of hydrogen-bond acceptors (Lipinski definition) is 4. The first-order valence-electron chi connectivity index (χ1n) is 6.12. The van der Waals surface area contributed by atoms with Crippen molar-refractivity contribution in [1.29, 1.82) is 0 Å². The molecular weight excluding hydrogens is 268 g/mol. The summed E-state index contributed by atoms with van der Waals surface area (Å²) in [6.45, 7) is 1.86. The third-order valence-electron chi connectivity index (χ3n) is 3.12. The number of rotatable bonds is 6. The SMILES string of the molecule is Cc1csc(=O)n1CC(=O)N(CC(=O)O)CC1CC1. The van der Waals surface area contributed by atoms with Gasteiger partial charge in [0.2, 0.25) is 5.91 Å². The number of thiazole rings is 1. The van der Waals surface area contributed by atoms with Gasteiger partial charge in [0.25, 0.3) is 0 Å². The van der Waals surface area contributed by atoms with Gasteiger partial charge in [-0.05, 0) is 25.7 Å². The fourth-order valence-corrected chi connectivity index (χ4v) is 2.60. The van der Waals surface area contributed by atoms with Crippen LogP contribution in [0.25, 0.3) is 0 Å². The van der Waals surface area contributed by atoms with Crippen molar-refractivity contribution in [2.45, 2.75) is 26.3 Å². The van der Waals surface area contributed by atoms with Crippen molar-refractivity contribution in [3.05, 3.63) is 20.7 Å². The molecule has 1 fully saturated rings. The minimum absolute atomic E-state index is 0.0752. The van der Waals surface area contributed by atoms with Crippen molar-refractivity contribution in [2.24, 2.45) is 5.92 Å². The van der Waals surface area contributed by atoms with E-state index in [1.165, 1.54) is 9.47 Å². The van der Waals surface area contributed by atoms with Gasteiger partial charge in [-0.1, -0.05) is 11.3 Å². The third kappa shape index (κ3) is 3.66. The number of aliphatic carboxylic acids is 1. The van der Waals surface area contributed by atoms with E-state index >= 15 is 0 Å². The highest BCUT2D eigenvalue weighted by Gasteiger charge is 2.28. The number of aryl methyl sites for hydroxylation is 1. The molecule has 1 N–H and O–H groups in total. The van der Waals surface area contributed by atoms with Gasteiger partial charge in [0.15, 0.2) is 0 Å². The summed E-state index contributed by atoms with van der Waals surface area (Å²) >= 11 is 1.05. The molecule has 0 bridgehead atoms. The Labute approximate surface area is 114 Å². The van der Waals surface area contributed by atoms with Gasteiger partial charge in [-0.15, -0.1) is 0 Å². The maximum atomic E-state index is 12.1. The lowest BCUT2D eigenvalue weighted by Gasteiger charge is -2.20. The predicted molar refractivity (Wildman–Crippen MR) is 70.3 cm³/mol. The number of amides is 1. The minimum atomic E-state index is -1.02. The second-order valence-electron chi connectivity index (χ2n) is 4.84. The Morgan fingerprint density at radius 2 is 2.21 bits per heavy atom. The lowest BCUT2D eigenvalue weighted by molar-refractivity contribution is -0.144. The molecule has 7 heteroatoms. The predicted octanol–water partition coefficient (Wildman–Crippen LogP) is 0.541. The average Bonchev–Trinajstić information content (AvgIpc) is 3.09. The Balaban J connectivity index is 2.05. The zero-order chi connectivity index (χ0) is 14.0. The second-order valence-corrected chi connectivity index (χ2v) is 5.66. The molecule has 0 aliphatic heterocycles. The van der Waals surface area contributed by atoms with Gasteiger partial charge in [-0.2, -0.15) is 0 Å². The highest BCUT2D eigenvalue weighted by atomic mass is 32.1. The normalized spacial score (nSPS) is 14.4. The van der Waals surface area contributed by atoms with Crippen molar-refractivity contribution in [3.63, 3.8) is 0 Å². The van der Waals surface area contributed by atoms with E-state index in [9.17, 15) is 14.4 Å². The van der Waals surface area contributed by atoms with Crippen molar-refractivity contribution < 1.29 is 14.7 Å². The Morgan fingerprint density at radius 1 is 1.53 bits per heavy atom. The van der Waals surface area contributed by atoms with Gasteiger partial charge >= 0.3 is 10.8 Å². The monoisotopic (exact) mass is 284 g/mol. The largest absolute Gasteiger partial charge is 0.480 e. The molecule has 0 unspecified atom stereocenters. The van der Waals surface area contributed by atoms with Gasteiger partial charge < -0.3 is 10.0 Å². The molecule has 104 valence electrons. The first-order valence-corrected chi connectivity index (χ1v) is 7.00. The molecule has 0 atom stereocenters. The third-order valence-corrected chi connectivity index (χ3v) is 4.01. The number of carbonyl (C=O) groups is 2. The van der Waals surface area contributed by atoms with E-state index in [2.05, 4.69) is 0 Å². The Kier molecular flexibility index (Phi) is 4.04. The van der Waals surface area contributed by atoms with Crippen molar-refractivity contribution in [3.8, 4) is 0 Å². The van der Waals surface area contributed by atoms with Crippen LogP contribution in [0.3, 0.4) is 0 Å². The van der Waals surface area contributed by atoms with E-state index in [1.807, 2.05) is 0 Å². The number of carboxylic acids is 1. The van der Waals surface area contributed by atoms with E-state index in [0.29, 0.717) is 12.5 Å². The van der Waals surface area contributed by atoms with Crippen LogP contribution < -0.4 is 4.87 Å². The minimum Gasteiger partial charge on any atom is -0.480 e. The smallest absolute Gasteiger partial charge is 0.323 e. The molecule has 0 saturated heterocycles. The Morgan fingerprint density at radius 3 is 2.68 bits per heavy atom. The number of nitrogens with zero attached hydrogens (tertiary/aromatic N) is 2. The molecule has 1 aromatic heterocycles. The number of aromatic nitrogens is 1. The van der Waals surface area contributed by atoms with Crippen LogP contribution in [0.1, 0.15) is 18.5 Å². The summed E-state index contributed by atoms with van der Waals surface area (Å²) < 4.78 is 1.38. The molecule has 1 heterocycles. The molecular formula is C12H16N2O4S. The molecule has 0 radical (unpaired) electrons. The van der Waals surface area contributed by atoms with Crippen LogP contribution in [0.15, 0.2) is 10.2 Å². The first-order chi connectivity index (χ1) is 8.97. The summed E-state index contributed by atoms with van der Waals surface area (Å²) in [5.41, 5.74) is 0.727. The topological polar surface area (TPSA) is 79.6 Å². The standard InChI is InChI=1S/C12H16N2O4S/c1-8-7-19-12(18)14(8)5-10(15)13(6-11(16)17)4-9-2-3-9/h7,9H,2-6H2,1H3,(H,16,17). The first kappa shape index (κ1) is 13.8. The van der Waals surface area contributed by atoms with Crippen LogP contribution in [-0.4, -0.2) is 39.5 Å². The number of carboxylic acid groups (broad SMARTS) is 1. The summed E-state index contributed by atoms with van der Waals surface area (Å²) in [5.74, 6) is -0.912. The molecule has 2 rings (SSSR count). The van der Waals surface area contributed by atoms with Crippen molar-refractivity contribution >= 4 is 23.2 Å². The molecule has 0 spiro atoms. The highest BCUT2D eigenvalue weighted by Crippen LogP contribution is 2.29. The Bertz CT molecular complexity index is 544. The molecule has 1 aromatic rings. The van der Waals surface area contributed by atoms with Gasteiger partial charge in [0.1, 0.15) is 13.1 Å². The maximum absolute atomic E-state index is 12.1. The summed E-state index contributed by atoms with van der Waals surface area (Å²) in [6.07, 6.45) is 2.08. The summed E-state index contributed by atoms with van der Waals surface area (Å²) in [6, 6.07) is 0. The van der Waals surface area contributed by atoms with Crippen LogP contribution in [0.2, 0.25) is 0 Å². The van der Waals surface area contributed by atoms with Gasteiger partial charge in [-0.3, -0.25) is 19.0 Å². The number of hydrogen-bond donors (Lipinski definition) is 1. The van der Waals surface area contributed by atoms with Crippen LogP contribution >= 0.6 is 11.3 Å². The molecule has 1 saturated carbocycles. The van der Waals surface area contributed by atoms with Crippen LogP contribution in [0.5, 0.6) is 0 Å². The molecule has 1 amide bonds. The molecule has 6 nitrogen and oxygen atoms in total. The molecule has 0 aromatic carbocycles. The highest BCUT2D eigenvalue weighted by molar-refractivity contribution is 7.07. The van der Waals surface area contributed by atoms with E-state index < -0.39 is 5.97 Å². The molecule has 19 heavy (non-hydrogen) atoms. The summed E-state index contributed by atoms with van der Waals surface area (Å²) in [4.78, 5) is 35.6. The maximum Gasteiger partial charge on any atom is 0.323 e. The van der Waals surface area contributed by atoms with Crippen LogP contribution in [-0.2, 0) is 16.1 Å². The zero-order valence-electron chi connectivity index (χ0n) is 10.7. The number of carbonyl (C=O) groups excluding carboxylic acids is 1. The average molecular weight is 284 g/mol. The van der Waals surface area contributed by atoms with E-state index in [1.54, 1.807) is 12.3 Å². The molecule has 1 aliphatic carbocycles. The quantitative estimate of drug-likeness (QED) is 0.827. The summed E-state index contributed by atoms with van der Waals surface area (Å²) in [7, 11) is 0. The van der Waals surface area contributed by atoms with Crippen LogP contribution in [0.4, 0.5) is 0 Å². The van der Waals surface area contributed by atoms with Crippen molar-refractivity contribution in [2.75, 3.05) is 13.1 Å². The van der Waals surface area contributed by atoms with E-state index in [0.717, 1.165) is 29.9 Å². The lowest BCUT2D eigenvalue weighted by Crippen LogP contribution is -2.40. The molecule has 1 aliphatic rings. The van der Waals surface area contributed by atoms with Gasteiger partial charge in [0.05, 0.1) is 0 Å². The fourth-order valence-electron chi connectivity index (χ4n) is 1.86. The second kappa shape index (κ2) is 5.56. The van der Waals surface area contributed by atoms with E-state index in [4.69, 9.17) is 5.11 Å². The Hall–Kier alpha value is -1.63. The lowest BCUT2D eigenvalue weighted by atomic mass is 10.3. The zero-order valence-corrected chi connectivity index (χ0v) is 11.5. The van der Waals surface area contributed by atoms with Crippen LogP contribution in [0, 0.1) is 12.8 Å². The van der Waals surface area contributed by atoms with Gasteiger partial charge in [0, 0.05) is 17.6 Å².